The van der Waals surface area contributed by atoms with Gasteiger partial charge in [-0.2, -0.15) is 0 Å². The zero-order valence-electron chi connectivity index (χ0n) is 11.0. The Hall–Kier alpha value is -1.47. The Morgan fingerprint density at radius 2 is 2.00 bits per heavy atom. The lowest BCUT2D eigenvalue weighted by Crippen LogP contribution is -2.26. The van der Waals surface area contributed by atoms with Crippen molar-refractivity contribution >= 4 is 15.5 Å². The van der Waals surface area contributed by atoms with E-state index in [1.807, 2.05) is 0 Å². The third kappa shape index (κ3) is 4.60. The van der Waals surface area contributed by atoms with E-state index in [0.717, 1.165) is 0 Å². The molecule has 0 aromatic heterocycles. The van der Waals surface area contributed by atoms with Crippen LogP contribution in [0.2, 0.25) is 0 Å². The largest absolute Gasteiger partial charge is 0.309 e. The van der Waals surface area contributed by atoms with Crippen molar-refractivity contribution in [3.05, 3.63) is 39.9 Å². The summed E-state index contributed by atoms with van der Waals surface area (Å²) >= 11 is 0. The van der Waals surface area contributed by atoms with Crippen LogP contribution in [-0.2, 0) is 9.84 Å². The van der Waals surface area contributed by atoms with E-state index in [9.17, 15) is 18.5 Å². The van der Waals surface area contributed by atoms with Gasteiger partial charge < -0.3 is 5.32 Å². The van der Waals surface area contributed by atoms with Gasteiger partial charge in [0.2, 0.25) is 0 Å². The quantitative estimate of drug-likeness (QED) is 0.608. The third-order valence-electron chi connectivity index (χ3n) is 2.90. The van der Waals surface area contributed by atoms with Crippen LogP contribution < -0.4 is 5.32 Å². The Balaban J connectivity index is 2.69. The van der Waals surface area contributed by atoms with Gasteiger partial charge in [0.05, 0.1) is 10.7 Å². The van der Waals surface area contributed by atoms with Crippen LogP contribution in [0.4, 0.5) is 5.69 Å². The molecule has 0 amide bonds. The van der Waals surface area contributed by atoms with E-state index in [-0.39, 0.29) is 29.8 Å². The van der Waals surface area contributed by atoms with Crippen molar-refractivity contribution in [1.29, 1.82) is 0 Å². The summed E-state index contributed by atoms with van der Waals surface area (Å²) in [6.07, 6.45) is 0. The lowest BCUT2D eigenvalue weighted by molar-refractivity contribution is -0.385. The molecule has 0 spiro atoms. The van der Waals surface area contributed by atoms with Gasteiger partial charge >= 0.3 is 0 Å². The summed E-state index contributed by atoms with van der Waals surface area (Å²) in [4.78, 5) is 10.5. The summed E-state index contributed by atoms with van der Waals surface area (Å²) in [7, 11) is -3.02. The molecule has 0 heterocycles. The zero-order valence-corrected chi connectivity index (χ0v) is 11.8. The van der Waals surface area contributed by atoms with Gasteiger partial charge in [-0.3, -0.25) is 10.1 Å². The molecule has 7 heteroatoms. The molecule has 1 aromatic carbocycles. The molecule has 6 nitrogen and oxygen atoms in total. The zero-order chi connectivity index (χ0) is 14.5. The Morgan fingerprint density at radius 3 is 2.58 bits per heavy atom. The van der Waals surface area contributed by atoms with Crippen molar-refractivity contribution in [2.24, 2.45) is 0 Å². The fourth-order valence-electron chi connectivity index (χ4n) is 1.71. The first-order valence-corrected chi connectivity index (χ1v) is 7.86. The molecule has 0 aliphatic rings. The van der Waals surface area contributed by atoms with Crippen LogP contribution in [0.25, 0.3) is 0 Å². The van der Waals surface area contributed by atoms with Crippen molar-refractivity contribution in [2.45, 2.75) is 19.9 Å². The maximum Gasteiger partial charge on any atom is 0.274 e. The van der Waals surface area contributed by atoms with E-state index < -0.39 is 14.8 Å². The normalized spacial score (nSPS) is 13.2. The number of benzene rings is 1. The maximum absolute atomic E-state index is 11.3. The summed E-state index contributed by atoms with van der Waals surface area (Å²) in [6.45, 7) is 3.66. The van der Waals surface area contributed by atoms with Crippen LogP contribution in [0.15, 0.2) is 24.3 Å². The molecule has 19 heavy (non-hydrogen) atoms. The minimum absolute atomic E-state index is 0.0362. The summed E-state index contributed by atoms with van der Waals surface area (Å²) in [5, 5.41) is 13.9. The van der Waals surface area contributed by atoms with E-state index in [4.69, 9.17) is 0 Å². The summed E-state index contributed by atoms with van der Waals surface area (Å²) in [5.74, 6) is 0.142. The van der Waals surface area contributed by atoms with E-state index in [0.29, 0.717) is 5.56 Å². The molecule has 1 aromatic rings. The predicted octanol–water partition coefficient (Wildman–Crippen LogP) is 1.68. The minimum Gasteiger partial charge on any atom is -0.309 e. The first-order chi connectivity index (χ1) is 8.87. The van der Waals surface area contributed by atoms with Crippen molar-refractivity contribution in [3.63, 3.8) is 0 Å². The molecule has 0 bridgehead atoms. The smallest absolute Gasteiger partial charge is 0.274 e. The molecule has 0 radical (unpaired) electrons. The number of hydrogen-bond donors (Lipinski definition) is 1. The fraction of sp³-hybridized carbons (Fsp3) is 0.500. The number of nitro groups is 1. The van der Waals surface area contributed by atoms with Crippen LogP contribution in [0.5, 0.6) is 0 Å². The highest BCUT2D eigenvalue weighted by Gasteiger charge is 2.18. The predicted molar refractivity (Wildman–Crippen MR) is 73.8 cm³/mol. The van der Waals surface area contributed by atoms with Gasteiger partial charge in [-0.05, 0) is 6.92 Å². The highest BCUT2D eigenvalue weighted by molar-refractivity contribution is 7.91. The average Bonchev–Trinajstić information content (AvgIpc) is 2.38. The van der Waals surface area contributed by atoms with E-state index in [1.54, 1.807) is 32.0 Å². The number of nitrogens with one attached hydrogen (secondary N) is 1. The first kappa shape index (κ1) is 15.6. The molecular formula is C12H18N2O4S. The SMILES string of the molecule is CCS(=O)(=O)CCNC(C)c1ccccc1[N+](=O)[O-]. The second-order valence-electron chi connectivity index (χ2n) is 4.23. The number of sulfone groups is 1. The molecule has 1 N–H and O–H groups in total. The van der Waals surface area contributed by atoms with Gasteiger partial charge in [0, 0.05) is 30.0 Å². The standard InChI is InChI=1S/C12H18N2O4S/c1-3-19(17,18)9-8-13-10(2)11-6-4-5-7-12(11)14(15)16/h4-7,10,13H,3,8-9H2,1-2H3. The van der Waals surface area contributed by atoms with Gasteiger partial charge in [-0.15, -0.1) is 0 Å². The lowest BCUT2D eigenvalue weighted by Gasteiger charge is -2.14. The summed E-state index contributed by atoms with van der Waals surface area (Å²) in [5.41, 5.74) is 0.599. The van der Waals surface area contributed by atoms with Gasteiger partial charge in [0.1, 0.15) is 0 Å². The Bertz CT molecular complexity index is 542. The topological polar surface area (TPSA) is 89.3 Å². The first-order valence-electron chi connectivity index (χ1n) is 6.04. The van der Waals surface area contributed by atoms with Crippen LogP contribution in [0.3, 0.4) is 0 Å². The average molecular weight is 286 g/mol. The van der Waals surface area contributed by atoms with Gasteiger partial charge in [-0.25, -0.2) is 8.42 Å². The second kappa shape index (κ2) is 6.63. The molecule has 1 rings (SSSR count). The van der Waals surface area contributed by atoms with E-state index >= 15 is 0 Å². The number of nitrogens with zero attached hydrogens (tertiary/aromatic N) is 1. The number of para-hydroxylation sites is 1. The van der Waals surface area contributed by atoms with Gasteiger partial charge in [0.15, 0.2) is 9.84 Å². The molecule has 0 saturated carbocycles. The lowest BCUT2D eigenvalue weighted by atomic mass is 10.1. The highest BCUT2D eigenvalue weighted by atomic mass is 32.2. The Labute approximate surface area is 112 Å². The van der Waals surface area contributed by atoms with Gasteiger partial charge in [-0.1, -0.05) is 25.1 Å². The summed E-state index contributed by atoms with van der Waals surface area (Å²) < 4.78 is 22.7. The van der Waals surface area contributed by atoms with Crippen LogP contribution in [-0.4, -0.2) is 31.4 Å². The van der Waals surface area contributed by atoms with E-state index in [1.165, 1.54) is 6.07 Å². The van der Waals surface area contributed by atoms with E-state index in [2.05, 4.69) is 5.32 Å². The fourth-order valence-corrected chi connectivity index (χ4v) is 2.42. The van der Waals surface area contributed by atoms with Crippen LogP contribution in [0, 0.1) is 10.1 Å². The number of rotatable bonds is 7. The molecular weight excluding hydrogens is 268 g/mol. The second-order valence-corrected chi connectivity index (χ2v) is 6.70. The number of nitro benzene ring substituents is 1. The van der Waals surface area contributed by atoms with Crippen molar-refractivity contribution in [1.82, 2.24) is 5.32 Å². The van der Waals surface area contributed by atoms with Crippen LogP contribution >= 0.6 is 0 Å². The molecule has 0 fully saturated rings. The van der Waals surface area contributed by atoms with Gasteiger partial charge in [0.25, 0.3) is 5.69 Å². The summed E-state index contributed by atoms with van der Waals surface area (Å²) in [6, 6.07) is 6.17. The molecule has 106 valence electrons. The molecule has 1 atom stereocenters. The Kier molecular flexibility index (Phi) is 5.44. The molecule has 0 saturated heterocycles. The molecule has 0 aliphatic carbocycles. The number of hydrogen-bond acceptors (Lipinski definition) is 5. The van der Waals surface area contributed by atoms with Crippen LogP contribution in [0.1, 0.15) is 25.5 Å². The van der Waals surface area contributed by atoms with Crippen molar-refractivity contribution in [3.8, 4) is 0 Å². The minimum atomic E-state index is -3.02. The molecule has 1 unspecified atom stereocenters. The maximum atomic E-state index is 11.3. The van der Waals surface area contributed by atoms with Crippen molar-refractivity contribution < 1.29 is 13.3 Å². The van der Waals surface area contributed by atoms with Crippen molar-refractivity contribution in [2.75, 3.05) is 18.1 Å². The Morgan fingerprint density at radius 1 is 1.37 bits per heavy atom. The molecule has 0 aliphatic heterocycles. The monoisotopic (exact) mass is 286 g/mol. The highest BCUT2D eigenvalue weighted by Crippen LogP contribution is 2.24. The third-order valence-corrected chi connectivity index (χ3v) is 4.61.